The summed E-state index contributed by atoms with van der Waals surface area (Å²) in [5, 5.41) is 6.38. The Morgan fingerprint density at radius 3 is 2.67 bits per heavy atom. The van der Waals surface area contributed by atoms with E-state index in [2.05, 4.69) is 24.5 Å². The molecule has 3 atom stereocenters. The van der Waals surface area contributed by atoms with Gasteiger partial charge in [0.25, 0.3) is 0 Å². The van der Waals surface area contributed by atoms with Gasteiger partial charge in [0.05, 0.1) is 12.1 Å². The number of hydrogen-bond acceptors (Lipinski definition) is 3. The van der Waals surface area contributed by atoms with E-state index < -0.39 is 0 Å². The van der Waals surface area contributed by atoms with Crippen LogP contribution in [0.4, 0.5) is 0 Å². The molecule has 0 spiro atoms. The molecule has 0 bridgehead atoms. The minimum atomic E-state index is -0.121. The van der Waals surface area contributed by atoms with Crippen LogP contribution in [-0.2, 0) is 9.53 Å². The Hall–Kier alpha value is -0.610. The van der Waals surface area contributed by atoms with E-state index in [-0.39, 0.29) is 11.9 Å². The maximum Gasteiger partial charge on any atom is 0.236 e. The zero-order valence-corrected chi connectivity index (χ0v) is 12.2. The van der Waals surface area contributed by atoms with E-state index in [1.54, 1.807) is 7.11 Å². The summed E-state index contributed by atoms with van der Waals surface area (Å²) >= 11 is 0. The van der Waals surface area contributed by atoms with Crippen molar-refractivity contribution in [2.24, 2.45) is 5.92 Å². The lowest BCUT2D eigenvalue weighted by Crippen LogP contribution is -2.49. The van der Waals surface area contributed by atoms with Gasteiger partial charge in [-0.1, -0.05) is 13.8 Å². The van der Waals surface area contributed by atoms with Crippen molar-refractivity contribution in [3.63, 3.8) is 0 Å². The van der Waals surface area contributed by atoms with Crippen LogP contribution in [0.2, 0.25) is 0 Å². The van der Waals surface area contributed by atoms with Gasteiger partial charge in [0.15, 0.2) is 0 Å². The summed E-state index contributed by atoms with van der Waals surface area (Å²) in [5.74, 6) is 0.594. The first-order valence-corrected chi connectivity index (χ1v) is 7.09. The Kier molecular flexibility index (Phi) is 6.65. The highest BCUT2D eigenvalue weighted by molar-refractivity contribution is 5.81. The van der Waals surface area contributed by atoms with Crippen LogP contribution in [0.25, 0.3) is 0 Å². The highest BCUT2D eigenvalue weighted by Crippen LogP contribution is 2.20. The minimum Gasteiger partial charge on any atom is -0.381 e. The minimum absolute atomic E-state index is 0.100. The van der Waals surface area contributed by atoms with Crippen LogP contribution in [0.3, 0.4) is 0 Å². The van der Waals surface area contributed by atoms with Gasteiger partial charge in [0.2, 0.25) is 5.91 Å². The van der Waals surface area contributed by atoms with Gasteiger partial charge in [-0.15, -0.1) is 0 Å². The molecule has 1 aliphatic carbocycles. The molecule has 0 aromatic rings. The molecule has 0 radical (unpaired) electrons. The summed E-state index contributed by atoms with van der Waals surface area (Å²) in [7, 11) is 1.77. The molecule has 1 fully saturated rings. The molecule has 18 heavy (non-hydrogen) atoms. The number of rotatable bonds is 6. The Labute approximate surface area is 111 Å². The summed E-state index contributed by atoms with van der Waals surface area (Å²) in [5.41, 5.74) is 0. The van der Waals surface area contributed by atoms with Gasteiger partial charge < -0.3 is 15.4 Å². The van der Waals surface area contributed by atoms with Crippen molar-refractivity contribution in [2.45, 2.75) is 64.6 Å². The van der Waals surface area contributed by atoms with E-state index in [9.17, 15) is 4.79 Å². The summed E-state index contributed by atoms with van der Waals surface area (Å²) in [4.78, 5) is 11.9. The van der Waals surface area contributed by atoms with Crippen molar-refractivity contribution in [3.8, 4) is 0 Å². The van der Waals surface area contributed by atoms with Gasteiger partial charge in [0.1, 0.15) is 0 Å². The lowest BCUT2D eigenvalue weighted by atomic mass is 9.92. The van der Waals surface area contributed by atoms with Gasteiger partial charge in [0, 0.05) is 19.7 Å². The Balaban J connectivity index is 2.29. The van der Waals surface area contributed by atoms with Gasteiger partial charge in [-0.3, -0.25) is 4.79 Å². The fraction of sp³-hybridized carbons (Fsp3) is 0.929. The summed E-state index contributed by atoms with van der Waals surface area (Å²) in [6, 6.07) is 0.285. The van der Waals surface area contributed by atoms with Crippen molar-refractivity contribution in [1.29, 1.82) is 0 Å². The Morgan fingerprint density at radius 2 is 2.06 bits per heavy atom. The van der Waals surface area contributed by atoms with Crippen LogP contribution in [0.1, 0.15) is 46.5 Å². The van der Waals surface area contributed by atoms with Crippen LogP contribution in [0.15, 0.2) is 0 Å². The van der Waals surface area contributed by atoms with Gasteiger partial charge in [-0.05, 0) is 38.5 Å². The van der Waals surface area contributed by atoms with Crippen molar-refractivity contribution in [3.05, 3.63) is 0 Å². The Morgan fingerprint density at radius 1 is 1.33 bits per heavy atom. The lowest BCUT2D eigenvalue weighted by molar-refractivity contribution is -0.123. The smallest absolute Gasteiger partial charge is 0.236 e. The molecule has 106 valence electrons. The van der Waals surface area contributed by atoms with Gasteiger partial charge >= 0.3 is 0 Å². The number of methoxy groups -OCH3 is 1. The van der Waals surface area contributed by atoms with E-state index in [0.29, 0.717) is 18.1 Å². The van der Waals surface area contributed by atoms with Crippen LogP contribution < -0.4 is 10.6 Å². The first kappa shape index (κ1) is 15.4. The summed E-state index contributed by atoms with van der Waals surface area (Å²) in [6.07, 6.45) is 4.82. The third-order valence-electron chi connectivity index (χ3n) is 3.52. The molecule has 0 heterocycles. The molecule has 0 aromatic heterocycles. The molecule has 1 rings (SSSR count). The van der Waals surface area contributed by atoms with E-state index >= 15 is 0 Å². The zero-order chi connectivity index (χ0) is 13.5. The standard InChI is InChI=1S/C14H28N2O2/c1-10(2)9-15-14(17)11(3)16-12-6-5-7-13(8-12)18-4/h10-13,16H,5-9H2,1-4H3,(H,15,17). The van der Waals surface area contributed by atoms with E-state index in [4.69, 9.17) is 4.74 Å². The summed E-state index contributed by atoms with van der Waals surface area (Å²) < 4.78 is 5.40. The second-order valence-electron chi connectivity index (χ2n) is 5.75. The van der Waals surface area contributed by atoms with Crippen LogP contribution in [0, 0.1) is 5.92 Å². The highest BCUT2D eigenvalue weighted by Gasteiger charge is 2.24. The number of carbonyl (C=O) groups excluding carboxylic acids is 1. The Bertz CT molecular complexity index is 256. The molecule has 0 saturated heterocycles. The van der Waals surface area contributed by atoms with E-state index in [0.717, 1.165) is 25.8 Å². The number of hydrogen-bond donors (Lipinski definition) is 2. The van der Waals surface area contributed by atoms with E-state index in [1.807, 2.05) is 6.92 Å². The van der Waals surface area contributed by atoms with E-state index in [1.165, 1.54) is 6.42 Å². The molecule has 0 aliphatic heterocycles. The van der Waals surface area contributed by atoms with Crippen LogP contribution >= 0.6 is 0 Å². The quantitative estimate of drug-likeness (QED) is 0.760. The average molecular weight is 256 g/mol. The largest absolute Gasteiger partial charge is 0.381 e. The monoisotopic (exact) mass is 256 g/mol. The second kappa shape index (κ2) is 7.74. The molecule has 0 aromatic carbocycles. The van der Waals surface area contributed by atoms with Crippen molar-refractivity contribution < 1.29 is 9.53 Å². The van der Waals surface area contributed by atoms with Gasteiger partial charge in [-0.2, -0.15) is 0 Å². The molecule has 4 heteroatoms. The average Bonchev–Trinajstić information content (AvgIpc) is 2.36. The van der Waals surface area contributed by atoms with Crippen molar-refractivity contribution >= 4 is 5.91 Å². The second-order valence-corrected chi connectivity index (χ2v) is 5.75. The lowest BCUT2D eigenvalue weighted by Gasteiger charge is -2.30. The third kappa shape index (κ3) is 5.36. The first-order valence-electron chi connectivity index (χ1n) is 7.09. The maximum absolute atomic E-state index is 11.9. The predicted octanol–water partition coefficient (Wildman–Crippen LogP) is 1.69. The van der Waals surface area contributed by atoms with Gasteiger partial charge in [-0.25, -0.2) is 0 Å². The molecule has 1 aliphatic rings. The topological polar surface area (TPSA) is 50.4 Å². The first-order chi connectivity index (χ1) is 8.52. The number of amides is 1. The van der Waals surface area contributed by atoms with Crippen LogP contribution in [0.5, 0.6) is 0 Å². The maximum atomic E-state index is 11.9. The zero-order valence-electron chi connectivity index (χ0n) is 12.2. The normalized spacial score (nSPS) is 26.1. The predicted molar refractivity (Wildman–Crippen MR) is 73.5 cm³/mol. The highest BCUT2D eigenvalue weighted by atomic mass is 16.5. The van der Waals surface area contributed by atoms with Crippen molar-refractivity contribution in [2.75, 3.05) is 13.7 Å². The third-order valence-corrected chi connectivity index (χ3v) is 3.52. The molecule has 1 amide bonds. The molecular weight excluding hydrogens is 228 g/mol. The molecule has 3 unspecified atom stereocenters. The SMILES string of the molecule is COC1CCCC(NC(C)C(=O)NCC(C)C)C1. The number of carbonyl (C=O) groups is 1. The fourth-order valence-corrected chi connectivity index (χ4v) is 2.40. The molecule has 2 N–H and O–H groups in total. The van der Waals surface area contributed by atoms with Crippen molar-refractivity contribution in [1.82, 2.24) is 10.6 Å². The van der Waals surface area contributed by atoms with Crippen LogP contribution in [-0.4, -0.2) is 37.7 Å². The molecule has 1 saturated carbocycles. The molecule has 4 nitrogen and oxygen atoms in total. The number of nitrogens with one attached hydrogen (secondary N) is 2. The number of ether oxygens (including phenoxy) is 1. The summed E-state index contributed by atoms with van der Waals surface area (Å²) in [6.45, 7) is 6.88. The fourth-order valence-electron chi connectivity index (χ4n) is 2.40. The molecular formula is C14H28N2O2.